The van der Waals surface area contributed by atoms with E-state index in [2.05, 4.69) is 23.6 Å². The summed E-state index contributed by atoms with van der Waals surface area (Å²) >= 11 is 3.48. The van der Waals surface area contributed by atoms with Gasteiger partial charge in [0.2, 0.25) is 5.91 Å². The van der Waals surface area contributed by atoms with E-state index in [9.17, 15) is 9.90 Å². The summed E-state index contributed by atoms with van der Waals surface area (Å²) in [6.45, 7) is 1.07. The number of fused-ring (bicyclic) bond motifs is 1. The number of thiophene rings is 1. The van der Waals surface area contributed by atoms with Crippen molar-refractivity contribution in [3.05, 3.63) is 57.8 Å². The first-order valence-corrected chi connectivity index (χ1v) is 9.84. The van der Waals surface area contributed by atoms with Gasteiger partial charge in [-0.2, -0.15) is 0 Å². The number of aliphatic hydroxyl groups is 1. The highest BCUT2D eigenvalue weighted by molar-refractivity contribution is 8.00. The molecule has 0 fully saturated rings. The van der Waals surface area contributed by atoms with Crippen molar-refractivity contribution in [3.8, 4) is 0 Å². The van der Waals surface area contributed by atoms with Crippen LogP contribution in [0.15, 0.2) is 41.8 Å². The quantitative estimate of drug-likeness (QED) is 0.873. The van der Waals surface area contributed by atoms with Gasteiger partial charge in [0.1, 0.15) is 5.25 Å². The highest BCUT2D eigenvalue weighted by Gasteiger charge is 2.31. The second-order valence-corrected chi connectivity index (χ2v) is 7.80. The molecule has 1 aromatic heterocycles. The predicted octanol–water partition coefficient (Wildman–Crippen LogP) is 3.14. The monoisotopic (exact) mass is 347 g/mol. The van der Waals surface area contributed by atoms with Crippen LogP contribution in [0.4, 0.5) is 0 Å². The Morgan fingerprint density at radius 3 is 2.83 bits per heavy atom. The molecule has 0 bridgehead atoms. The lowest BCUT2D eigenvalue weighted by Crippen LogP contribution is -2.38. The predicted molar refractivity (Wildman–Crippen MR) is 97.0 cm³/mol. The number of thioether (sulfide) groups is 1. The van der Waals surface area contributed by atoms with E-state index < -0.39 is 0 Å². The third-order valence-corrected chi connectivity index (χ3v) is 6.32. The van der Waals surface area contributed by atoms with Crippen LogP contribution in [0, 0.1) is 0 Å². The van der Waals surface area contributed by atoms with E-state index >= 15 is 0 Å². The Labute approximate surface area is 145 Å². The lowest BCUT2D eigenvalue weighted by molar-refractivity contribution is -0.131. The Morgan fingerprint density at radius 1 is 1.22 bits per heavy atom. The molecule has 1 unspecified atom stereocenters. The van der Waals surface area contributed by atoms with Crippen LogP contribution in [0.1, 0.15) is 21.3 Å². The van der Waals surface area contributed by atoms with E-state index in [1.165, 1.54) is 16.0 Å². The van der Waals surface area contributed by atoms with Gasteiger partial charge in [-0.05, 0) is 41.2 Å². The first-order chi connectivity index (χ1) is 11.3. The van der Waals surface area contributed by atoms with Crippen LogP contribution in [0.3, 0.4) is 0 Å². The van der Waals surface area contributed by atoms with Gasteiger partial charge in [0, 0.05) is 18.0 Å². The summed E-state index contributed by atoms with van der Waals surface area (Å²) in [7, 11) is 0. The second-order valence-electron chi connectivity index (χ2n) is 5.58. The number of aliphatic hydroxyl groups excluding tert-OH is 1. The molecule has 3 rings (SSSR count). The molecule has 23 heavy (non-hydrogen) atoms. The van der Waals surface area contributed by atoms with Crippen molar-refractivity contribution in [3.63, 3.8) is 0 Å². The van der Waals surface area contributed by atoms with Gasteiger partial charge < -0.3 is 10.0 Å². The Hall–Kier alpha value is -1.30. The van der Waals surface area contributed by atoms with Crippen LogP contribution < -0.4 is 0 Å². The fraction of sp³-hybridized carbons (Fsp3) is 0.389. The number of hydrogen-bond donors (Lipinski definition) is 1. The molecule has 0 radical (unpaired) electrons. The zero-order valence-electron chi connectivity index (χ0n) is 13.0. The molecule has 1 atom stereocenters. The molecular formula is C18H21NO2S2. The van der Waals surface area contributed by atoms with Gasteiger partial charge >= 0.3 is 0 Å². The Morgan fingerprint density at radius 2 is 2.04 bits per heavy atom. The van der Waals surface area contributed by atoms with E-state index in [4.69, 9.17) is 0 Å². The number of nitrogens with zero attached hydrogens (tertiary/aromatic N) is 1. The normalized spacial score (nSPS) is 16.8. The second kappa shape index (κ2) is 7.99. The summed E-state index contributed by atoms with van der Waals surface area (Å²) in [5.74, 6) is 1.13. The molecular weight excluding hydrogens is 326 g/mol. The third kappa shape index (κ3) is 3.97. The maximum absolute atomic E-state index is 13.0. The zero-order chi connectivity index (χ0) is 16.1. The Kier molecular flexibility index (Phi) is 5.75. The van der Waals surface area contributed by atoms with Crippen molar-refractivity contribution in [2.75, 3.05) is 25.4 Å². The molecule has 122 valence electrons. The summed E-state index contributed by atoms with van der Waals surface area (Å²) in [6.07, 6.45) is 1.88. The van der Waals surface area contributed by atoms with E-state index in [0.29, 0.717) is 13.1 Å². The molecule has 0 spiro atoms. The van der Waals surface area contributed by atoms with Crippen molar-refractivity contribution in [2.24, 2.45) is 0 Å². The largest absolute Gasteiger partial charge is 0.395 e. The van der Waals surface area contributed by atoms with Gasteiger partial charge in [-0.1, -0.05) is 30.3 Å². The van der Waals surface area contributed by atoms with Crippen LogP contribution >= 0.6 is 23.1 Å². The minimum absolute atomic E-state index is 0.00834. The number of amides is 1. The molecule has 3 nitrogen and oxygen atoms in total. The van der Waals surface area contributed by atoms with E-state index in [-0.39, 0.29) is 17.8 Å². The molecule has 1 aromatic carbocycles. The van der Waals surface area contributed by atoms with Crippen molar-refractivity contribution >= 4 is 29.0 Å². The highest BCUT2D eigenvalue weighted by Crippen LogP contribution is 2.40. The van der Waals surface area contributed by atoms with Crippen LogP contribution in [0.2, 0.25) is 0 Å². The molecule has 2 heterocycles. The van der Waals surface area contributed by atoms with Gasteiger partial charge in [-0.15, -0.1) is 23.1 Å². The average Bonchev–Trinajstić information content (AvgIpc) is 3.07. The third-order valence-electron chi connectivity index (χ3n) is 4.10. The number of benzene rings is 1. The summed E-state index contributed by atoms with van der Waals surface area (Å²) in [5, 5.41) is 11.3. The SMILES string of the molecule is O=C(C1SCCc2sccc21)N(CCO)CCc1ccccc1. The van der Waals surface area contributed by atoms with Crippen LogP contribution in [-0.2, 0) is 17.6 Å². The molecule has 1 aliphatic rings. The molecule has 0 saturated carbocycles. The van der Waals surface area contributed by atoms with Gasteiger partial charge in [-0.3, -0.25) is 4.79 Å². The number of hydrogen-bond acceptors (Lipinski definition) is 4. The van der Waals surface area contributed by atoms with Crippen molar-refractivity contribution in [1.29, 1.82) is 0 Å². The van der Waals surface area contributed by atoms with Gasteiger partial charge in [0.15, 0.2) is 0 Å². The van der Waals surface area contributed by atoms with Gasteiger partial charge in [-0.25, -0.2) is 0 Å². The molecule has 0 saturated heterocycles. The fourth-order valence-electron chi connectivity index (χ4n) is 2.88. The molecule has 0 aliphatic carbocycles. The standard InChI is InChI=1S/C18H21NO2S2/c20-11-10-19(9-6-14-4-2-1-3-5-14)18(21)17-15-7-12-22-16(15)8-13-23-17/h1-5,7,12,17,20H,6,8-11,13H2. The van der Waals surface area contributed by atoms with Crippen molar-refractivity contribution < 1.29 is 9.90 Å². The Balaban J connectivity index is 1.70. The first kappa shape index (κ1) is 16.6. The number of rotatable bonds is 6. The molecule has 1 amide bonds. The lowest BCUT2D eigenvalue weighted by atomic mass is 10.1. The number of carbonyl (C=O) groups excluding carboxylic acids is 1. The average molecular weight is 348 g/mol. The highest BCUT2D eigenvalue weighted by atomic mass is 32.2. The van der Waals surface area contributed by atoms with Crippen LogP contribution in [0.25, 0.3) is 0 Å². The van der Waals surface area contributed by atoms with Crippen LogP contribution in [0.5, 0.6) is 0 Å². The van der Waals surface area contributed by atoms with Crippen LogP contribution in [-0.4, -0.2) is 41.4 Å². The summed E-state index contributed by atoms with van der Waals surface area (Å²) in [6, 6.07) is 12.3. The maximum atomic E-state index is 13.0. The molecule has 2 aromatic rings. The van der Waals surface area contributed by atoms with E-state index in [1.807, 2.05) is 23.1 Å². The first-order valence-electron chi connectivity index (χ1n) is 7.91. The Bertz CT molecular complexity index is 641. The zero-order valence-corrected chi connectivity index (χ0v) is 14.6. The molecule has 5 heteroatoms. The van der Waals surface area contributed by atoms with E-state index in [1.54, 1.807) is 23.1 Å². The minimum atomic E-state index is -0.104. The molecule has 1 aliphatic heterocycles. The minimum Gasteiger partial charge on any atom is -0.395 e. The topological polar surface area (TPSA) is 40.5 Å². The smallest absolute Gasteiger partial charge is 0.240 e. The summed E-state index contributed by atoms with van der Waals surface area (Å²) < 4.78 is 0. The number of aryl methyl sites for hydroxylation is 1. The maximum Gasteiger partial charge on any atom is 0.240 e. The van der Waals surface area contributed by atoms with Gasteiger partial charge in [0.25, 0.3) is 0 Å². The number of carbonyl (C=O) groups is 1. The lowest BCUT2D eigenvalue weighted by Gasteiger charge is -2.29. The van der Waals surface area contributed by atoms with Crippen molar-refractivity contribution in [2.45, 2.75) is 18.1 Å². The summed E-state index contributed by atoms with van der Waals surface area (Å²) in [4.78, 5) is 16.1. The van der Waals surface area contributed by atoms with Gasteiger partial charge in [0.05, 0.1) is 6.61 Å². The van der Waals surface area contributed by atoms with E-state index in [0.717, 1.165) is 18.6 Å². The summed E-state index contributed by atoms with van der Waals surface area (Å²) in [5.41, 5.74) is 2.40. The molecule has 1 N–H and O–H groups in total. The van der Waals surface area contributed by atoms with Crippen molar-refractivity contribution in [1.82, 2.24) is 4.90 Å². The fourth-order valence-corrected chi connectivity index (χ4v) is 5.25.